The maximum atomic E-state index is 12.2. The lowest BCUT2D eigenvalue weighted by atomic mass is 10.2. The van der Waals surface area contributed by atoms with Crippen LogP contribution in [0.3, 0.4) is 0 Å². The van der Waals surface area contributed by atoms with Crippen LogP contribution in [-0.4, -0.2) is 55.2 Å². The fourth-order valence-corrected chi connectivity index (χ4v) is 3.76. The minimum Gasteiger partial charge on any atom is -0.369 e. The molecule has 0 aliphatic carbocycles. The van der Waals surface area contributed by atoms with Crippen LogP contribution in [-0.2, 0) is 13.6 Å². The van der Waals surface area contributed by atoms with Crippen molar-refractivity contribution in [2.75, 3.05) is 31.1 Å². The lowest BCUT2D eigenvalue weighted by molar-refractivity contribution is 0.243. The third kappa shape index (κ3) is 2.91. The highest BCUT2D eigenvalue weighted by molar-refractivity contribution is 5.81. The number of aryl methyl sites for hydroxylation is 1. The Kier molecular flexibility index (Phi) is 4.05. The molecular weight excluding hydrogens is 354 g/mol. The van der Waals surface area contributed by atoms with Gasteiger partial charge in [0.25, 0.3) is 5.56 Å². The van der Waals surface area contributed by atoms with Crippen LogP contribution in [0.25, 0.3) is 16.6 Å². The third-order valence-electron chi connectivity index (χ3n) is 5.39. The van der Waals surface area contributed by atoms with Crippen LogP contribution in [0.15, 0.2) is 53.7 Å². The second-order valence-corrected chi connectivity index (χ2v) is 7.17. The van der Waals surface area contributed by atoms with Crippen LogP contribution < -0.4 is 10.5 Å². The van der Waals surface area contributed by atoms with Gasteiger partial charge in [0, 0.05) is 45.1 Å². The molecule has 0 N–H and O–H groups in total. The molecule has 8 nitrogen and oxygen atoms in total. The van der Waals surface area contributed by atoms with E-state index in [9.17, 15) is 4.79 Å². The van der Waals surface area contributed by atoms with E-state index in [4.69, 9.17) is 0 Å². The van der Waals surface area contributed by atoms with Gasteiger partial charge in [-0.2, -0.15) is 0 Å². The van der Waals surface area contributed by atoms with Crippen LogP contribution in [0.5, 0.6) is 0 Å². The van der Waals surface area contributed by atoms with Crippen LogP contribution in [0.4, 0.5) is 5.69 Å². The summed E-state index contributed by atoms with van der Waals surface area (Å²) in [5.74, 6) is 0.967. The summed E-state index contributed by atoms with van der Waals surface area (Å²) in [4.78, 5) is 21.3. The van der Waals surface area contributed by atoms with Gasteiger partial charge in [0.2, 0.25) is 0 Å². The Morgan fingerprint density at radius 3 is 2.75 bits per heavy atom. The lowest BCUT2D eigenvalue weighted by Crippen LogP contribution is -2.46. The topological polar surface area (TPSA) is 71.6 Å². The van der Waals surface area contributed by atoms with E-state index in [1.807, 2.05) is 47.0 Å². The van der Waals surface area contributed by atoms with Crippen molar-refractivity contribution in [1.29, 1.82) is 0 Å². The van der Waals surface area contributed by atoms with Crippen molar-refractivity contribution in [3.05, 3.63) is 65.1 Å². The molecule has 8 heteroatoms. The Morgan fingerprint density at radius 2 is 1.89 bits per heavy atom. The molecule has 1 fully saturated rings. The number of pyridine rings is 1. The highest BCUT2D eigenvalue weighted by atomic mass is 16.1. The molecule has 1 aliphatic rings. The van der Waals surface area contributed by atoms with Gasteiger partial charge >= 0.3 is 0 Å². The fraction of sp³-hybridized carbons (Fsp3) is 0.300. The third-order valence-corrected chi connectivity index (χ3v) is 5.39. The minimum absolute atomic E-state index is 0.0121. The number of rotatable bonds is 3. The van der Waals surface area contributed by atoms with Gasteiger partial charge in [-0.05, 0) is 30.3 Å². The predicted molar refractivity (Wildman–Crippen MR) is 107 cm³/mol. The highest BCUT2D eigenvalue weighted by Gasteiger charge is 2.19. The fourth-order valence-electron chi connectivity index (χ4n) is 3.76. The Labute approximate surface area is 161 Å². The first-order valence-electron chi connectivity index (χ1n) is 9.40. The maximum absolute atomic E-state index is 12.2. The normalized spacial score (nSPS) is 15.5. The van der Waals surface area contributed by atoms with E-state index in [1.54, 1.807) is 13.4 Å². The molecule has 0 amide bonds. The zero-order chi connectivity index (χ0) is 19.1. The first-order valence-corrected chi connectivity index (χ1v) is 9.40. The second kappa shape index (κ2) is 6.72. The number of hydrogen-bond donors (Lipinski definition) is 0. The van der Waals surface area contributed by atoms with Crippen molar-refractivity contribution >= 4 is 22.2 Å². The molecule has 0 bridgehead atoms. The number of benzene rings is 1. The smallest absolute Gasteiger partial charge is 0.260 e. The summed E-state index contributed by atoms with van der Waals surface area (Å²) >= 11 is 0. The van der Waals surface area contributed by atoms with Crippen molar-refractivity contribution in [3.8, 4) is 0 Å². The zero-order valence-corrected chi connectivity index (χ0v) is 15.7. The zero-order valence-electron chi connectivity index (χ0n) is 15.7. The van der Waals surface area contributed by atoms with Gasteiger partial charge in [-0.15, -0.1) is 10.2 Å². The monoisotopic (exact) mass is 375 g/mol. The van der Waals surface area contributed by atoms with Crippen LogP contribution >= 0.6 is 0 Å². The number of aromatic nitrogens is 5. The molecule has 1 aromatic carbocycles. The number of nitrogens with zero attached hydrogens (tertiary/aromatic N) is 7. The summed E-state index contributed by atoms with van der Waals surface area (Å²) in [5, 5.41) is 9.22. The summed E-state index contributed by atoms with van der Waals surface area (Å²) < 4.78 is 3.55. The summed E-state index contributed by atoms with van der Waals surface area (Å²) in [7, 11) is 1.72. The number of hydrogen-bond acceptors (Lipinski definition) is 6. The van der Waals surface area contributed by atoms with Crippen molar-refractivity contribution in [2.24, 2.45) is 7.05 Å². The molecule has 0 saturated carbocycles. The quantitative estimate of drug-likeness (QED) is 0.538. The minimum atomic E-state index is -0.0121. The molecular formula is C20H21N7O. The summed E-state index contributed by atoms with van der Waals surface area (Å²) in [5.41, 5.74) is 2.73. The molecule has 1 saturated heterocycles. The first kappa shape index (κ1) is 16.9. The summed E-state index contributed by atoms with van der Waals surface area (Å²) in [6.45, 7) is 4.53. The van der Waals surface area contributed by atoms with E-state index in [0.717, 1.165) is 55.4 Å². The second-order valence-electron chi connectivity index (χ2n) is 7.17. The maximum Gasteiger partial charge on any atom is 0.260 e. The van der Waals surface area contributed by atoms with Crippen molar-refractivity contribution in [2.45, 2.75) is 6.54 Å². The van der Waals surface area contributed by atoms with Gasteiger partial charge in [-0.3, -0.25) is 14.1 Å². The molecule has 0 atom stereocenters. The van der Waals surface area contributed by atoms with Gasteiger partial charge in [0.1, 0.15) is 0 Å². The Morgan fingerprint density at radius 1 is 1.04 bits per heavy atom. The Bertz CT molecular complexity index is 1200. The molecule has 0 unspecified atom stereocenters. The van der Waals surface area contributed by atoms with Crippen molar-refractivity contribution in [3.63, 3.8) is 0 Å². The number of fused-ring (bicyclic) bond motifs is 2. The summed E-state index contributed by atoms with van der Waals surface area (Å²) in [6, 6.07) is 11.9. The van der Waals surface area contributed by atoms with E-state index in [1.165, 1.54) is 4.57 Å². The first-order chi connectivity index (χ1) is 13.7. The summed E-state index contributed by atoms with van der Waals surface area (Å²) in [6.07, 6.45) is 3.59. The largest absolute Gasteiger partial charge is 0.369 e. The molecule has 1 aliphatic heterocycles. The Balaban J connectivity index is 1.30. The van der Waals surface area contributed by atoms with Gasteiger partial charge < -0.3 is 9.47 Å². The van der Waals surface area contributed by atoms with Gasteiger partial charge in [0.15, 0.2) is 11.5 Å². The molecule has 5 rings (SSSR count). The van der Waals surface area contributed by atoms with Crippen LogP contribution in [0, 0.1) is 0 Å². The lowest BCUT2D eigenvalue weighted by Gasteiger charge is -2.35. The molecule has 3 aromatic heterocycles. The Hall–Kier alpha value is -3.26. The van der Waals surface area contributed by atoms with Crippen molar-refractivity contribution in [1.82, 2.24) is 29.0 Å². The van der Waals surface area contributed by atoms with Crippen LogP contribution in [0.1, 0.15) is 5.82 Å². The highest BCUT2D eigenvalue weighted by Crippen LogP contribution is 2.21. The molecule has 142 valence electrons. The predicted octanol–water partition coefficient (Wildman–Crippen LogP) is 1.30. The average Bonchev–Trinajstić information content (AvgIpc) is 3.14. The molecule has 4 aromatic rings. The van der Waals surface area contributed by atoms with E-state index >= 15 is 0 Å². The SMILES string of the molecule is Cn1cnc2cc(N3CCN(Cc4nnc5ccccn45)CC3)ccc2c1=O. The van der Waals surface area contributed by atoms with Gasteiger partial charge in [0.05, 0.1) is 23.8 Å². The van der Waals surface area contributed by atoms with Crippen molar-refractivity contribution < 1.29 is 0 Å². The van der Waals surface area contributed by atoms with E-state index in [2.05, 4.69) is 25.0 Å². The number of anilines is 1. The standard InChI is InChI=1S/C20H21N7O/c1-24-14-21-17-12-15(5-6-16(17)20(24)28)26-10-8-25(9-11-26)13-19-23-22-18-4-2-3-7-27(18)19/h2-7,12,14H,8-11,13H2,1H3. The molecule has 0 radical (unpaired) electrons. The van der Waals surface area contributed by atoms with E-state index in [0.29, 0.717) is 5.39 Å². The average molecular weight is 375 g/mol. The molecule has 0 spiro atoms. The molecule has 28 heavy (non-hydrogen) atoms. The van der Waals surface area contributed by atoms with Gasteiger partial charge in [-0.25, -0.2) is 4.98 Å². The molecule has 4 heterocycles. The van der Waals surface area contributed by atoms with Crippen LogP contribution in [0.2, 0.25) is 0 Å². The van der Waals surface area contributed by atoms with E-state index < -0.39 is 0 Å². The van der Waals surface area contributed by atoms with Gasteiger partial charge in [-0.1, -0.05) is 6.07 Å². The van der Waals surface area contributed by atoms with E-state index in [-0.39, 0.29) is 5.56 Å². The number of piperazine rings is 1.